The number of rotatable bonds is 5. The van der Waals surface area contributed by atoms with Gasteiger partial charge < -0.3 is 10.6 Å². The molecule has 0 aliphatic rings. The summed E-state index contributed by atoms with van der Waals surface area (Å²) in [4.78, 5) is 14.1. The molecule has 0 spiro atoms. The molecule has 0 saturated carbocycles. The summed E-state index contributed by atoms with van der Waals surface area (Å²) in [6, 6.07) is 1.30. The predicted octanol–water partition coefficient (Wildman–Crippen LogP) is 1.21. The van der Waals surface area contributed by atoms with E-state index in [1.807, 2.05) is 31.6 Å². The van der Waals surface area contributed by atoms with Crippen molar-refractivity contribution in [3.05, 3.63) is 29.7 Å². The van der Waals surface area contributed by atoms with Crippen LogP contribution in [-0.2, 0) is 17.9 Å². The van der Waals surface area contributed by atoms with Gasteiger partial charge in [0.05, 0.1) is 6.20 Å². The molecule has 0 saturated heterocycles. The van der Waals surface area contributed by atoms with Crippen molar-refractivity contribution in [2.24, 2.45) is 0 Å². The van der Waals surface area contributed by atoms with Gasteiger partial charge in [0.25, 0.3) is 0 Å². The first kappa shape index (κ1) is 15.1. The van der Waals surface area contributed by atoms with Gasteiger partial charge in [-0.3, -0.25) is 14.2 Å². The second-order valence-electron chi connectivity index (χ2n) is 5.16. The molecule has 21 heavy (non-hydrogen) atoms. The molecule has 114 valence electrons. The van der Waals surface area contributed by atoms with Gasteiger partial charge in [-0.05, 0) is 26.8 Å². The van der Waals surface area contributed by atoms with Crippen molar-refractivity contribution >= 4 is 11.7 Å². The lowest BCUT2D eigenvalue weighted by Crippen LogP contribution is -2.33. The van der Waals surface area contributed by atoms with Crippen LogP contribution in [0.25, 0.3) is 0 Å². The zero-order valence-corrected chi connectivity index (χ0v) is 12.9. The topological polar surface area (TPSA) is 82.0 Å². The largest absolute Gasteiger partial charge is 0.382 e. The number of hydrogen-bond donors (Lipinski definition) is 1. The van der Waals surface area contributed by atoms with Crippen molar-refractivity contribution in [1.29, 1.82) is 0 Å². The Hall–Kier alpha value is -2.31. The van der Waals surface area contributed by atoms with E-state index in [0.717, 1.165) is 17.8 Å². The number of nitrogens with zero attached hydrogens (tertiary/aromatic N) is 5. The van der Waals surface area contributed by atoms with Gasteiger partial charge in [0.15, 0.2) is 0 Å². The number of amides is 1. The van der Waals surface area contributed by atoms with Crippen LogP contribution in [-0.4, -0.2) is 37.4 Å². The van der Waals surface area contributed by atoms with Crippen molar-refractivity contribution in [2.75, 3.05) is 12.8 Å². The third-order valence-electron chi connectivity index (χ3n) is 3.67. The molecule has 7 nitrogen and oxygen atoms in total. The Kier molecular flexibility index (Phi) is 4.30. The SMILES string of the molecule is CCn1ncc(CN(C)C(=O)C(C)n2ccc(N)n2)c1C. The van der Waals surface area contributed by atoms with Crippen LogP contribution in [0.2, 0.25) is 0 Å². The minimum absolute atomic E-state index is 0.0123. The highest BCUT2D eigenvalue weighted by atomic mass is 16.2. The second kappa shape index (κ2) is 5.99. The fourth-order valence-corrected chi connectivity index (χ4v) is 2.29. The molecule has 2 aromatic rings. The monoisotopic (exact) mass is 290 g/mol. The van der Waals surface area contributed by atoms with Crippen LogP contribution in [0.4, 0.5) is 5.82 Å². The number of nitrogens with two attached hydrogens (primary N) is 1. The van der Waals surface area contributed by atoms with Crippen molar-refractivity contribution in [3.63, 3.8) is 0 Å². The summed E-state index contributed by atoms with van der Waals surface area (Å²) in [5, 5.41) is 8.38. The average molecular weight is 290 g/mol. The van der Waals surface area contributed by atoms with E-state index in [1.165, 1.54) is 0 Å². The predicted molar refractivity (Wildman–Crippen MR) is 80.5 cm³/mol. The van der Waals surface area contributed by atoms with E-state index in [-0.39, 0.29) is 11.9 Å². The Bertz CT molecular complexity index is 629. The molecular formula is C14H22N6O. The highest BCUT2D eigenvalue weighted by Gasteiger charge is 2.21. The van der Waals surface area contributed by atoms with Gasteiger partial charge in [-0.2, -0.15) is 10.2 Å². The molecule has 0 bridgehead atoms. The first-order chi connectivity index (χ1) is 9.93. The molecule has 7 heteroatoms. The van der Waals surface area contributed by atoms with Crippen LogP contribution < -0.4 is 5.73 Å². The lowest BCUT2D eigenvalue weighted by Gasteiger charge is -2.21. The third-order valence-corrected chi connectivity index (χ3v) is 3.67. The highest BCUT2D eigenvalue weighted by molar-refractivity contribution is 5.79. The van der Waals surface area contributed by atoms with Gasteiger partial charge in [-0.25, -0.2) is 0 Å². The summed E-state index contributed by atoms with van der Waals surface area (Å²) >= 11 is 0. The maximum atomic E-state index is 12.4. The Morgan fingerprint density at radius 3 is 2.76 bits per heavy atom. The number of carbonyl (C=O) groups is 1. The molecule has 1 unspecified atom stereocenters. The molecule has 1 amide bonds. The quantitative estimate of drug-likeness (QED) is 0.897. The van der Waals surface area contributed by atoms with Gasteiger partial charge in [0.2, 0.25) is 5.91 Å². The van der Waals surface area contributed by atoms with Crippen LogP contribution in [0.1, 0.15) is 31.1 Å². The maximum absolute atomic E-state index is 12.4. The lowest BCUT2D eigenvalue weighted by atomic mass is 10.2. The number of nitrogen functional groups attached to an aromatic ring is 1. The van der Waals surface area contributed by atoms with Crippen molar-refractivity contribution < 1.29 is 4.79 Å². The summed E-state index contributed by atoms with van der Waals surface area (Å²) < 4.78 is 3.50. The molecule has 0 radical (unpaired) electrons. The minimum Gasteiger partial charge on any atom is -0.382 e. The highest BCUT2D eigenvalue weighted by Crippen LogP contribution is 2.14. The lowest BCUT2D eigenvalue weighted by molar-refractivity contribution is -0.133. The number of carbonyl (C=O) groups excluding carboxylic acids is 1. The standard InChI is InChI=1S/C14H22N6O/c1-5-19-10(2)12(8-16-19)9-18(4)14(21)11(3)20-7-6-13(15)17-20/h6-8,11H,5,9H2,1-4H3,(H2,15,17). The molecule has 0 aliphatic heterocycles. The molecule has 0 fully saturated rings. The van der Waals surface area contributed by atoms with E-state index in [4.69, 9.17) is 5.73 Å². The van der Waals surface area contributed by atoms with Crippen LogP contribution in [0.15, 0.2) is 18.5 Å². The van der Waals surface area contributed by atoms with E-state index >= 15 is 0 Å². The van der Waals surface area contributed by atoms with Crippen LogP contribution in [0.5, 0.6) is 0 Å². The minimum atomic E-state index is -0.381. The van der Waals surface area contributed by atoms with E-state index < -0.39 is 0 Å². The Labute approximate surface area is 124 Å². The normalized spacial score (nSPS) is 12.4. The van der Waals surface area contributed by atoms with Crippen LogP contribution >= 0.6 is 0 Å². The number of aryl methyl sites for hydroxylation is 1. The van der Waals surface area contributed by atoms with Gasteiger partial charge in [-0.15, -0.1) is 0 Å². The van der Waals surface area contributed by atoms with Gasteiger partial charge in [-0.1, -0.05) is 0 Å². The summed E-state index contributed by atoms with van der Waals surface area (Å²) in [7, 11) is 1.79. The zero-order chi connectivity index (χ0) is 15.6. The molecule has 0 aliphatic carbocycles. The molecule has 2 heterocycles. The summed E-state index contributed by atoms with van der Waals surface area (Å²) in [6.07, 6.45) is 3.53. The number of hydrogen-bond acceptors (Lipinski definition) is 4. The average Bonchev–Trinajstić information content (AvgIpc) is 3.04. The summed E-state index contributed by atoms with van der Waals surface area (Å²) in [5.41, 5.74) is 7.73. The second-order valence-corrected chi connectivity index (χ2v) is 5.16. The molecule has 2 N–H and O–H groups in total. The Balaban J connectivity index is 2.07. The van der Waals surface area contributed by atoms with Crippen LogP contribution in [0.3, 0.4) is 0 Å². The van der Waals surface area contributed by atoms with Crippen molar-refractivity contribution in [1.82, 2.24) is 24.5 Å². The first-order valence-electron chi connectivity index (χ1n) is 7.01. The fourth-order valence-electron chi connectivity index (χ4n) is 2.29. The number of aromatic nitrogens is 4. The molecule has 2 rings (SSSR count). The molecule has 1 atom stereocenters. The fraction of sp³-hybridized carbons (Fsp3) is 0.500. The Morgan fingerprint density at radius 1 is 1.52 bits per heavy atom. The third kappa shape index (κ3) is 3.07. The van der Waals surface area contributed by atoms with E-state index in [2.05, 4.69) is 10.2 Å². The smallest absolute Gasteiger partial charge is 0.247 e. The van der Waals surface area contributed by atoms with Crippen LogP contribution in [0, 0.1) is 6.92 Å². The maximum Gasteiger partial charge on any atom is 0.247 e. The van der Waals surface area contributed by atoms with Gasteiger partial charge >= 0.3 is 0 Å². The summed E-state index contributed by atoms with van der Waals surface area (Å²) in [6.45, 7) is 7.23. The van der Waals surface area contributed by atoms with E-state index in [9.17, 15) is 4.79 Å². The van der Waals surface area contributed by atoms with Gasteiger partial charge in [0, 0.05) is 37.6 Å². The number of anilines is 1. The van der Waals surface area contributed by atoms with E-state index in [1.54, 1.807) is 28.9 Å². The Morgan fingerprint density at radius 2 is 2.24 bits per heavy atom. The van der Waals surface area contributed by atoms with Crippen molar-refractivity contribution in [3.8, 4) is 0 Å². The zero-order valence-electron chi connectivity index (χ0n) is 12.9. The van der Waals surface area contributed by atoms with E-state index in [0.29, 0.717) is 12.4 Å². The molecule has 0 aromatic carbocycles. The summed E-state index contributed by atoms with van der Waals surface area (Å²) in [5.74, 6) is 0.402. The van der Waals surface area contributed by atoms with Crippen molar-refractivity contribution in [2.45, 2.75) is 39.9 Å². The molecular weight excluding hydrogens is 268 g/mol. The number of likely N-dealkylation sites (N-methyl/N-ethyl adjacent to an activating group) is 1. The van der Waals surface area contributed by atoms with Gasteiger partial charge in [0.1, 0.15) is 11.9 Å². The molecule has 2 aromatic heterocycles. The first-order valence-corrected chi connectivity index (χ1v) is 7.01.